The highest BCUT2D eigenvalue weighted by Crippen LogP contribution is 2.43. The molecular weight excluding hydrogens is 346 g/mol. The van der Waals surface area contributed by atoms with Gasteiger partial charge in [-0.15, -0.1) is 0 Å². The second-order valence-corrected chi connectivity index (χ2v) is 5.85. The van der Waals surface area contributed by atoms with E-state index < -0.39 is 0 Å². The van der Waals surface area contributed by atoms with Gasteiger partial charge in [0, 0.05) is 11.6 Å². The Bertz CT molecular complexity index is 886. The summed E-state index contributed by atoms with van der Waals surface area (Å²) >= 11 is 0. The molecule has 2 aromatic carbocycles. The van der Waals surface area contributed by atoms with Gasteiger partial charge in [0.05, 0.1) is 39.7 Å². The molecule has 0 N–H and O–H groups in total. The van der Waals surface area contributed by atoms with Gasteiger partial charge in [0.2, 0.25) is 0 Å². The van der Waals surface area contributed by atoms with Crippen LogP contribution in [0, 0.1) is 0 Å². The predicted octanol–water partition coefficient (Wildman–Crippen LogP) is 4.82. The van der Waals surface area contributed by atoms with E-state index in [0.29, 0.717) is 29.6 Å². The Morgan fingerprint density at radius 2 is 1.52 bits per heavy atom. The maximum Gasteiger partial charge on any atom is 0.178 e. The van der Waals surface area contributed by atoms with Gasteiger partial charge in [0.1, 0.15) is 11.5 Å². The number of ether oxygens (including phenoxy) is 4. The molecule has 142 valence electrons. The van der Waals surface area contributed by atoms with Gasteiger partial charge in [0.25, 0.3) is 0 Å². The lowest BCUT2D eigenvalue weighted by atomic mass is 10.0. The lowest BCUT2D eigenvalue weighted by molar-refractivity contribution is 0.317. The summed E-state index contributed by atoms with van der Waals surface area (Å²) in [5.74, 6) is 3.20. The molecule has 6 heteroatoms. The first-order chi connectivity index (χ1) is 13.2. The van der Waals surface area contributed by atoms with Crippen molar-refractivity contribution in [2.45, 2.75) is 13.3 Å². The largest absolute Gasteiger partial charge is 0.496 e. The highest BCUT2D eigenvalue weighted by atomic mass is 16.5. The molecule has 1 heterocycles. The summed E-state index contributed by atoms with van der Waals surface area (Å²) < 4.78 is 27.5. The summed E-state index contributed by atoms with van der Waals surface area (Å²) in [6, 6.07) is 11.4. The smallest absolute Gasteiger partial charge is 0.178 e. The van der Waals surface area contributed by atoms with Crippen LogP contribution in [0.1, 0.15) is 13.3 Å². The average molecular weight is 369 g/mol. The van der Waals surface area contributed by atoms with Crippen molar-refractivity contribution in [2.24, 2.45) is 0 Å². The summed E-state index contributed by atoms with van der Waals surface area (Å²) in [5, 5.41) is 3.99. The van der Waals surface area contributed by atoms with Crippen molar-refractivity contribution in [3.8, 4) is 45.4 Å². The summed E-state index contributed by atoms with van der Waals surface area (Å²) in [6.45, 7) is 2.77. The molecule has 0 saturated heterocycles. The number of nitrogens with zero attached hydrogens (tertiary/aromatic N) is 1. The summed E-state index contributed by atoms with van der Waals surface area (Å²) in [6.07, 6.45) is 2.66. The van der Waals surface area contributed by atoms with Crippen LogP contribution >= 0.6 is 0 Å². The van der Waals surface area contributed by atoms with E-state index in [-0.39, 0.29) is 0 Å². The van der Waals surface area contributed by atoms with E-state index in [0.717, 1.165) is 28.9 Å². The van der Waals surface area contributed by atoms with Crippen LogP contribution < -0.4 is 18.9 Å². The molecule has 0 aliphatic heterocycles. The normalized spacial score (nSPS) is 10.5. The van der Waals surface area contributed by atoms with Crippen molar-refractivity contribution < 1.29 is 23.5 Å². The molecular formula is C21H23NO5. The summed E-state index contributed by atoms with van der Waals surface area (Å²) in [4.78, 5) is 0. The van der Waals surface area contributed by atoms with E-state index in [4.69, 9.17) is 23.5 Å². The Balaban J connectivity index is 2.02. The van der Waals surface area contributed by atoms with E-state index in [1.807, 2.05) is 30.3 Å². The van der Waals surface area contributed by atoms with Crippen LogP contribution in [0.15, 0.2) is 47.1 Å². The third kappa shape index (κ3) is 3.84. The number of aromatic nitrogens is 1. The van der Waals surface area contributed by atoms with Crippen molar-refractivity contribution >= 4 is 0 Å². The van der Waals surface area contributed by atoms with Gasteiger partial charge in [-0.3, -0.25) is 0 Å². The SMILES string of the molecule is CCCOc1ccc(-c2cnoc2-c2cc(OC)c(OC)cc2OC)cc1. The fourth-order valence-electron chi connectivity index (χ4n) is 2.80. The molecule has 6 nitrogen and oxygen atoms in total. The Hall–Kier alpha value is -3.15. The third-order valence-corrected chi connectivity index (χ3v) is 4.16. The van der Waals surface area contributed by atoms with E-state index >= 15 is 0 Å². The number of benzene rings is 2. The Labute approximate surface area is 158 Å². The number of methoxy groups -OCH3 is 3. The van der Waals surface area contributed by atoms with Gasteiger partial charge in [-0.1, -0.05) is 24.2 Å². The Morgan fingerprint density at radius 3 is 2.15 bits per heavy atom. The first-order valence-electron chi connectivity index (χ1n) is 8.70. The molecule has 0 radical (unpaired) electrons. The zero-order valence-electron chi connectivity index (χ0n) is 15.9. The molecule has 27 heavy (non-hydrogen) atoms. The lowest BCUT2D eigenvalue weighted by Crippen LogP contribution is -1.95. The van der Waals surface area contributed by atoms with Crippen LogP contribution in [-0.4, -0.2) is 33.1 Å². The van der Waals surface area contributed by atoms with Crippen molar-refractivity contribution in [1.82, 2.24) is 5.16 Å². The highest BCUT2D eigenvalue weighted by molar-refractivity contribution is 5.83. The van der Waals surface area contributed by atoms with E-state index in [2.05, 4.69) is 12.1 Å². The number of rotatable bonds is 8. The van der Waals surface area contributed by atoms with Gasteiger partial charge in [0.15, 0.2) is 17.3 Å². The molecule has 0 bridgehead atoms. The van der Waals surface area contributed by atoms with Crippen molar-refractivity contribution in [1.29, 1.82) is 0 Å². The molecule has 0 aliphatic rings. The zero-order chi connectivity index (χ0) is 19.2. The van der Waals surface area contributed by atoms with Gasteiger partial charge in [-0.2, -0.15) is 0 Å². The lowest BCUT2D eigenvalue weighted by Gasteiger charge is -2.13. The highest BCUT2D eigenvalue weighted by Gasteiger charge is 2.20. The average Bonchev–Trinajstić information content (AvgIpc) is 3.21. The maximum atomic E-state index is 5.65. The monoisotopic (exact) mass is 369 g/mol. The fourth-order valence-corrected chi connectivity index (χ4v) is 2.80. The fraction of sp³-hybridized carbons (Fsp3) is 0.286. The number of hydrogen-bond acceptors (Lipinski definition) is 6. The van der Waals surface area contributed by atoms with Crippen LogP contribution in [0.4, 0.5) is 0 Å². The molecule has 0 unspecified atom stereocenters. The van der Waals surface area contributed by atoms with Crippen molar-refractivity contribution in [3.05, 3.63) is 42.6 Å². The standard InChI is InChI=1S/C21H23NO5/c1-5-10-26-15-8-6-14(7-9-15)17-13-22-27-21(17)16-11-19(24-3)20(25-4)12-18(16)23-2/h6-9,11-13H,5,10H2,1-4H3. The first kappa shape index (κ1) is 18.6. The van der Waals surface area contributed by atoms with Crippen LogP contribution in [0.2, 0.25) is 0 Å². The van der Waals surface area contributed by atoms with E-state index in [1.165, 1.54) is 0 Å². The predicted molar refractivity (Wildman–Crippen MR) is 103 cm³/mol. The van der Waals surface area contributed by atoms with Crippen LogP contribution in [0.3, 0.4) is 0 Å². The molecule has 0 saturated carbocycles. The molecule has 3 rings (SSSR count). The molecule has 0 atom stereocenters. The third-order valence-electron chi connectivity index (χ3n) is 4.16. The van der Waals surface area contributed by atoms with Crippen LogP contribution in [0.25, 0.3) is 22.5 Å². The minimum absolute atomic E-state index is 0.580. The molecule has 0 amide bonds. The Kier molecular flexibility index (Phi) is 5.86. The van der Waals surface area contributed by atoms with E-state index in [9.17, 15) is 0 Å². The summed E-state index contributed by atoms with van der Waals surface area (Å²) in [7, 11) is 4.77. The zero-order valence-corrected chi connectivity index (χ0v) is 15.9. The van der Waals surface area contributed by atoms with Gasteiger partial charge >= 0.3 is 0 Å². The molecule has 0 fully saturated rings. The second-order valence-electron chi connectivity index (χ2n) is 5.85. The summed E-state index contributed by atoms with van der Waals surface area (Å²) in [5.41, 5.74) is 2.54. The van der Waals surface area contributed by atoms with Gasteiger partial charge < -0.3 is 23.5 Å². The van der Waals surface area contributed by atoms with E-state index in [1.54, 1.807) is 33.6 Å². The Morgan fingerprint density at radius 1 is 0.852 bits per heavy atom. The van der Waals surface area contributed by atoms with Gasteiger partial charge in [-0.05, 0) is 30.2 Å². The quantitative estimate of drug-likeness (QED) is 0.567. The topological polar surface area (TPSA) is 63.0 Å². The first-order valence-corrected chi connectivity index (χ1v) is 8.70. The maximum absolute atomic E-state index is 5.65. The molecule has 0 spiro atoms. The van der Waals surface area contributed by atoms with Crippen LogP contribution in [0.5, 0.6) is 23.0 Å². The van der Waals surface area contributed by atoms with Gasteiger partial charge in [-0.25, -0.2) is 0 Å². The van der Waals surface area contributed by atoms with Crippen LogP contribution in [-0.2, 0) is 0 Å². The minimum Gasteiger partial charge on any atom is -0.496 e. The van der Waals surface area contributed by atoms with Crippen molar-refractivity contribution in [2.75, 3.05) is 27.9 Å². The number of hydrogen-bond donors (Lipinski definition) is 0. The molecule has 0 aliphatic carbocycles. The molecule has 3 aromatic rings. The second kappa shape index (κ2) is 8.49. The van der Waals surface area contributed by atoms with Crippen molar-refractivity contribution in [3.63, 3.8) is 0 Å². The molecule has 1 aromatic heterocycles. The minimum atomic E-state index is 0.580.